The number of benzene rings is 1. The lowest BCUT2D eigenvalue weighted by molar-refractivity contribution is -0.138. The van der Waals surface area contributed by atoms with Gasteiger partial charge in [-0.1, -0.05) is 11.6 Å². The fourth-order valence-electron chi connectivity index (χ4n) is 6.65. The van der Waals surface area contributed by atoms with Crippen LogP contribution in [0, 0.1) is 17.8 Å². The van der Waals surface area contributed by atoms with Crippen molar-refractivity contribution in [3.63, 3.8) is 0 Å². The summed E-state index contributed by atoms with van der Waals surface area (Å²) in [4.78, 5) is 54.2. The number of fused-ring (bicyclic) bond motifs is 1. The number of nitrogens with zero attached hydrogens (tertiary/aromatic N) is 2. The summed E-state index contributed by atoms with van der Waals surface area (Å²) in [6, 6.07) is 1.45. The molecule has 242 valence electrons. The minimum atomic E-state index is -0.859. The maximum absolute atomic E-state index is 13.7. The third-order valence-corrected chi connectivity index (χ3v) is 8.86. The highest BCUT2D eigenvalue weighted by molar-refractivity contribution is 6.03. The SMILES string of the molecule is CCOC(=O)C1=CCC(CCc2cc(N(C)C)c3c(c2O)C(=O)CC(CC(C(CO)C(=O)CC(C)=O)C(CO)N(C)C)C3)=C1. The topological polar surface area (TPSA) is 145 Å². The van der Waals surface area contributed by atoms with E-state index < -0.39 is 24.5 Å². The van der Waals surface area contributed by atoms with Crippen molar-refractivity contribution < 1.29 is 39.2 Å². The number of allylic oxidation sites excluding steroid dienone is 2. The van der Waals surface area contributed by atoms with Crippen LogP contribution in [0.2, 0.25) is 0 Å². The van der Waals surface area contributed by atoms with E-state index >= 15 is 0 Å². The number of aromatic hydroxyl groups is 1. The van der Waals surface area contributed by atoms with Crippen molar-refractivity contribution in [2.45, 2.75) is 64.8 Å². The van der Waals surface area contributed by atoms with Gasteiger partial charge in [-0.3, -0.25) is 14.4 Å². The monoisotopic (exact) mass is 612 g/mol. The molecular formula is C34H48N2O8. The molecule has 3 rings (SSSR count). The van der Waals surface area contributed by atoms with Gasteiger partial charge in [0.15, 0.2) is 5.78 Å². The first-order valence-corrected chi connectivity index (χ1v) is 15.4. The molecule has 0 bridgehead atoms. The summed E-state index contributed by atoms with van der Waals surface area (Å²) in [5.41, 5.74) is 4.13. The minimum Gasteiger partial charge on any atom is -0.507 e. The lowest BCUT2D eigenvalue weighted by Crippen LogP contribution is -2.46. The molecule has 0 saturated carbocycles. The number of aliphatic hydroxyl groups is 2. The molecule has 0 saturated heterocycles. The molecule has 3 N–H and O–H groups in total. The molecule has 0 amide bonds. The molecule has 0 spiro atoms. The van der Waals surface area contributed by atoms with E-state index in [1.165, 1.54) is 6.92 Å². The highest BCUT2D eigenvalue weighted by atomic mass is 16.5. The Balaban J connectivity index is 1.90. The standard InChI is InChI=1S/C34H48N2O8/c1-7-44-34(43)24-11-9-21(13-24)8-10-23-17-28(35(3)4)26-15-22(16-31(41)32(26)33(23)42)14-25(29(19-38)36(5)6)27(18-37)30(40)12-20(2)39/h11,13,17,22,25,27,29,37-38,42H,7-10,12,14-16,18-19H2,1-6H3. The molecule has 10 nitrogen and oxygen atoms in total. The normalized spacial score (nSPS) is 18.3. The van der Waals surface area contributed by atoms with E-state index in [2.05, 4.69) is 0 Å². The maximum atomic E-state index is 13.7. The van der Waals surface area contributed by atoms with Crippen molar-refractivity contribution in [1.82, 2.24) is 4.90 Å². The van der Waals surface area contributed by atoms with E-state index in [0.717, 1.165) is 16.8 Å². The number of Topliss-reactive ketones (excluding diaryl/α,β-unsaturated/α-hetero) is 3. The molecule has 2 aliphatic carbocycles. The molecule has 0 radical (unpaired) electrons. The lowest BCUT2D eigenvalue weighted by Gasteiger charge is -2.38. The second-order valence-corrected chi connectivity index (χ2v) is 12.5. The maximum Gasteiger partial charge on any atom is 0.337 e. The first-order valence-electron chi connectivity index (χ1n) is 15.4. The average molecular weight is 613 g/mol. The minimum absolute atomic E-state index is 0.0193. The molecule has 0 fully saturated rings. The summed E-state index contributed by atoms with van der Waals surface area (Å²) in [7, 11) is 7.35. The Morgan fingerprint density at radius 3 is 2.34 bits per heavy atom. The third-order valence-electron chi connectivity index (χ3n) is 8.86. The Labute approximate surface area is 260 Å². The van der Waals surface area contributed by atoms with E-state index in [9.17, 15) is 34.5 Å². The molecule has 1 aromatic rings. The molecule has 0 aliphatic heterocycles. The largest absolute Gasteiger partial charge is 0.507 e. The Morgan fingerprint density at radius 2 is 1.77 bits per heavy atom. The highest BCUT2D eigenvalue weighted by Crippen LogP contribution is 2.43. The predicted molar refractivity (Wildman–Crippen MR) is 168 cm³/mol. The Hall–Kier alpha value is -3.34. The summed E-state index contributed by atoms with van der Waals surface area (Å²) in [6.07, 6.45) is 6.12. The van der Waals surface area contributed by atoms with Crippen LogP contribution < -0.4 is 4.90 Å². The molecule has 4 atom stereocenters. The van der Waals surface area contributed by atoms with E-state index in [0.29, 0.717) is 55.4 Å². The number of hydrogen-bond donors (Lipinski definition) is 3. The number of anilines is 1. The second kappa shape index (κ2) is 15.6. The summed E-state index contributed by atoms with van der Waals surface area (Å²) in [5, 5.41) is 31.9. The van der Waals surface area contributed by atoms with Crippen molar-refractivity contribution in [3.05, 3.63) is 46.1 Å². The van der Waals surface area contributed by atoms with Gasteiger partial charge in [-0.2, -0.15) is 0 Å². The molecule has 2 aliphatic rings. The van der Waals surface area contributed by atoms with Crippen LogP contribution in [-0.2, 0) is 32.0 Å². The number of carbonyl (C=O) groups is 4. The Bertz CT molecular complexity index is 1310. The van der Waals surface area contributed by atoms with Crippen molar-refractivity contribution in [1.29, 1.82) is 0 Å². The lowest BCUT2D eigenvalue weighted by atomic mass is 9.71. The van der Waals surface area contributed by atoms with Crippen LogP contribution >= 0.6 is 0 Å². The van der Waals surface area contributed by atoms with Crippen molar-refractivity contribution in [2.75, 3.05) is 52.9 Å². The van der Waals surface area contributed by atoms with Gasteiger partial charge < -0.3 is 29.9 Å². The summed E-state index contributed by atoms with van der Waals surface area (Å²) in [5.74, 6) is -2.77. The zero-order valence-electron chi connectivity index (χ0n) is 26.9. The van der Waals surface area contributed by atoms with E-state index in [-0.39, 0.29) is 54.4 Å². The van der Waals surface area contributed by atoms with Crippen molar-refractivity contribution >= 4 is 29.0 Å². The van der Waals surface area contributed by atoms with Crippen molar-refractivity contribution in [2.24, 2.45) is 17.8 Å². The number of likely N-dealkylation sites (N-methyl/N-ethyl adjacent to an activating group) is 1. The predicted octanol–water partition coefficient (Wildman–Crippen LogP) is 3.04. The van der Waals surface area contributed by atoms with Crippen LogP contribution in [0.1, 0.15) is 67.4 Å². The van der Waals surface area contributed by atoms with Crippen molar-refractivity contribution in [3.8, 4) is 5.75 Å². The second-order valence-electron chi connectivity index (χ2n) is 12.5. The van der Waals surface area contributed by atoms with Gasteiger partial charge in [0.1, 0.15) is 17.3 Å². The molecular weight excluding hydrogens is 564 g/mol. The number of esters is 1. The van der Waals surface area contributed by atoms with Crippen LogP contribution in [-0.4, -0.2) is 97.6 Å². The Kier molecular flexibility index (Phi) is 12.5. The first kappa shape index (κ1) is 35.1. The van der Waals surface area contributed by atoms with Gasteiger partial charge in [0.25, 0.3) is 0 Å². The summed E-state index contributed by atoms with van der Waals surface area (Å²) in [6.45, 7) is 2.69. The number of rotatable bonds is 16. The van der Waals surface area contributed by atoms with Crippen LogP contribution in [0.15, 0.2) is 29.4 Å². The zero-order chi connectivity index (χ0) is 32.7. The number of phenolic OH excluding ortho intramolecular Hbond substituents is 1. The fourth-order valence-corrected chi connectivity index (χ4v) is 6.65. The number of aliphatic hydroxyl groups excluding tert-OH is 2. The van der Waals surface area contributed by atoms with E-state index in [1.54, 1.807) is 25.9 Å². The van der Waals surface area contributed by atoms with Gasteiger partial charge in [0, 0.05) is 38.2 Å². The van der Waals surface area contributed by atoms with Gasteiger partial charge in [0.2, 0.25) is 0 Å². The molecule has 44 heavy (non-hydrogen) atoms. The molecule has 10 heteroatoms. The number of ketones is 3. The van der Waals surface area contributed by atoms with Crippen LogP contribution in [0.25, 0.3) is 0 Å². The highest BCUT2D eigenvalue weighted by Gasteiger charge is 2.39. The van der Waals surface area contributed by atoms with Gasteiger partial charge in [-0.15, -0.1) is 0 Å². The zero-order valence-corrected chi connectivity index (χ0v) is 26.9. The number of phenols is 1. The summed E-state index contributed by atoms with van der Waals surface area (Å²) < 4.78 is 5.09. The summed E-state index contributed by atoms with van der Waals surface area (Å²) >= 11 is 0. The van der Waals surface area contributed by atoms with E-state index in [4.69, 9.17) is 4.74 Å². The number of aryl methyl sites for hydroxylation is 1. The average Bonchev–Trinajstić information content (AvgIpc) is 3.42. The van der Waals surface area contributed by atoms with Gasteiger partial charge >= 0.3 is 5.97 Å². The van der Waals surface area contributed by atoms with Gasteiger partial charge in [-0.05, 0) is 95.2 Å². The molecule has 0 aromatic heterocycles. The van der Waals surface area contributed by atoms with E-state index in [1.807, 2.05) is 37.2 Å². The first-order chi connectivity index (χ1) is 20.8. The molecule has 4 unspecified atom stereocenters. The smallest absolute Gasteiger partial charge is 0.337 e. The number of hydrogen-bond acceptors (Lipinski definition) is 10. The van der Waals surface area contributed by atoms with Crippen LogP contribution in [0.4, 0.5) is 5.69 Å². The Morgan fingerprint density at radius 1 is 1.07 bits per heavy atom. The van der Waals surface area contributed by atoms with Gasteiger partial charge in [0.05, 0.1) is 37.4 Å². The molecule has 1 aromatic carbocycles. The molecule has 0 heterocycles. The van der Waals surface area contributed by atoms with Crippen LogP contribution in [0.3, 0.4) is 0 Å². The van der Waals surface area contributed by atoms with Crippen LogP contribution in [0.5, 0.6) is 5.75 Å². The van der Waals surface area contributed by atoms with Gasteiger partial charge in [-0.25, -0.2) is 4.79 Å². The number of ether oxygens (including phenoxy) is 1. The number of carbonyl (C=O) groups excluding carboxylic acids is 4. The third kappa shape index (κ3) is 8.22. The fraction of sp³-hybridized carbons (Fsp3) is 0.588. The quantitative estimate of drug-likeness (QED) is 0.188.